The van der Waals surface area contributed by atoms with Crippen LogP contribution in [0, 0.1) is 6.92 Å². The van der Waals surface area contributed by atoms with E-state index in [1.165, 1.54) is 0 Å². The molecule has 3 rings (SSSR count). The van der Waals surface area contributed by atoms with Crippen molar-refractivity contribution in [2.75, 3.05) is 0 Å². The molecule has 0 saturated carbocycles. The first-order chi connectivity index (χ1) is 8.27. The Morgan fingerprint density at radius 1 is 1.41 bits per heavy atom. The molecule has 17 heavy (non-hydrogen) atoms. The van der Waals surface area contributed by atoms with Crippen molar-refractivity contribution in [1.82, 2.24) is 14.6 Å². The van der Waals surface area contributed by atoms with Crippen LogP contribution in [0.25, 0.3) is 5.52 Å². The van der Waals surface area contributed by atoms with Gasteiger partial charge in [-0.25, -0.2) is 4.52 Å². The fourth-order valence-corrected chi connectivity index (χ4v) is 2.80. The first-order valence-electron chi connectivity index (χ1n) is 5.26. The SMILES string of the molecule is Cc1ccsc1C(O)c1cnn2ccncc12. The first kappa shape index (κ1) is 10.4. The molecular formula is C12H11N3OS. The van der Waals surface area contributed by atoms with Crippen molar-refractivity contribution in [2.45, 2.75) is 13.0 Å². The molecule has 1 unspecified atom stereocenters. The Hall–Kier alpha value is -1.72. The van der Waals surface area contributed by atoms with Gasteiger partial charge in [0.05, 0.1) is 17.9 Å². The number of aromatic nitrogens is 3. The van der Waals surface area contributed by atoms with Crippen molar-refractivity contribution < 1.29 is 5.11 Å². The van der Waals surface area contributed by atoms with Crippen molar-refractivity contribution >= 4 is 16.9 Å². The third kappa shape index (κ3) is 1.64. The topological polar surface area (TPSA) is 50.4 Å². The van der Waals surface area contributed by atoms with E-state index in [9.17, 15) is 5.11 Å². The largest absolute Gasteiger partial charge is 0.383 e. The summed E-state index contributed by atoms with van der Waals surface area (Å²) in [6.45, 7) is 2.00. The molecule has 4 nitrogen and oxygen atoms in total. The summed E-state index contributed by atoms with van der Waals surface area (Å²) in [6, 6.07) is 2.01. The van der Waals surface area contributed by atoms with E-state index >= 15 is 0 Å². The third-order valence-corrected chi connectivity index (χ3v) is 3.87. The monoisotopic (exact) mass is 245 g/mol. The van der Waals surface area contributed by atoms with Crippen LogP contribution < -0.4 is 0 Å². The summed E-state index contributed by atoms with van der Waals surface area (Å²) in [7, 11) is 0. The Labute approximate surface area is 102 Å². The Morgan fingerprint density at radius 2 is 2.29 bits per heavy atom. The van der Waals surface area contributed by atoms with Gasteiger partial charge < -0.3 is 5.11 Å². The molecule has 0 bridgehead atoms. The zero-order valence-electron chi connectivity index (χ0n) is 9.24. The number of aryl methyl sites for hydroxylation is 1. The average molecular weight is 245 g/mol. The maximum atomic E-state index is 10.4. The van der Waals surface area contributed by atoms with Gasteiger partial charge in [-0.3, -0.25) is 4.98 Å². The highest BCUT2D eigenvalue weighted by Gasteiger charge is 2.18. The lowest BCUT2D eigenvalue weighted by atomic mass is 10.1. The molecule has 0 fully saturated rings. The van der Waals surface area contributed by atoms with Gasteiger partial charge in [0.25, 0.3) is 0 Å². The van der Waals surface area contributed by atoms with Gasteiger partial charge in [0, 0.05) is 22.8 Å². The molecular weight excluding hydrogens is 234 g/mol. The Morgan fingerprint density at radius 3 is 3.06 bits per heavy atom. The number of aliphatic hydroxyl groups excluding tert-OH is 1. The van der Waals surface area contributed by atoms with Gasteiger partial charge >= 0.3 is 0 Å². The molecule has 1 N–H and O–H groups in total. The number of hydrogen-bond acceptors (Lipinski definition) is 4. The number of nitrogens with zero attached hydrogens (tertiary/aromatic N) is 3. The van der Waals surface area contributed by atoms with E-state index in [0.29, 0.717) is 0 Å². The van der Waals surface area contributed by atoms with Gasteiger partial charge in [0.15, 0.2) is 0 Å². The number of rotatable bonds is 2. The lowest BCUT2D eigenvalue weighted by Crippen LogP contribution is -1.98. The minimum absolute atomic E-state index is 0.628. The highest BCUT2D eigenvalue weighted by Crippen LogP contribution is 2.30. The second-order valence-corrected chi connectivity index (χ2v) is 4.82. The van der Waals surface area contributed by atoms with Gasteiger partial charge in [-0.05, 0) is 23.9 Å². The minimum atomic E-state index is -0.628. The average Bonchev–Trinajstić information content (AvgIpc) is 2.94. The fourth-order valence-electron chi connectivity index (χ4n) is 1.87. The van der Waals surface area contributed by atoms with Crippen molar-refractivity contribution in [2.24, 2.45) is 0 Å². The molecule has 0 aromatic carbocycles. The van der Waals surface area contributed by atoms with Crippen molar-refractivity contribution in [3.8, 4) is 0 Å². The molecule has 0 spiro atoms. The van der Waals surface area contributed by atoms with Crippen LogP contribution in [0.4, 0.5) is 0 Å². The molecule has 0 saturated heterocycles. The first-order valence-corrected chi connectivity index (χ1v) is 6.14. The second-order valence-electron chi connectivity index (χ2n) is 3.88. The molecule has 1 atom stereocenters. The Balaban J connectivity index is 2.13. The van der Waals surface area contributed by atoms with E-state index in [2.05, 4.69) is 10.1 Å². The molecule has 0 amide bonds. The van der Waals surface area contributed by atoms with Crippen LogP contribution in [0.1, 0.15) is 22.1 Å². The van der Waals surface area contributed by atoms with E-state index in [4.69, 9.17) is 0 Å². The zero-order valence-corrected chi connectivity index (χ0v) is 10.1. The van der Waals surface area contributed by atoms with Crippen LogP contribution in [-0.4, -0.2) is 19.7 Å². The van der Waals surface area contributed by atoms with Crippen molar-refractivity contribution in [1.29, 1.82) is 0 Å². The smallest absolute Gasteiger partial charge is 0.117 e. The zero-order chi connectivity index (χ0) is 11.8. The normalized spacial score (nSPS) is 13.1. The van der Waals surface area contributed by atoms with E-state index in [1.807, 2.05) is 18.4 Å². The summed E-state index contributed by atoms with van der Waals surface area (Å²) in [5, 5.41) is 16.6. The molecule has 5 heteroatoms. The highest BCUT2D eigenvalue weighted by molar-refractivity contribution is 7.10. The third-order valence-electron chi connectivity index (χ3n) is 2.80. The van der Waals surface area contributed by atoms with Gasteiger partial charge in [0.1, 0.15) is 6.10 Å². The summed E-state index contributed by atoms with van der Waals surface area (Å²) in [4.78, 5) is 5.03. The maximum absolute atomic E-state index is 10.4. The summed E-state index contributed by atoms with van der Waals surface area (Å²) in [5.41, 5.74) is 2.74. The van der Waals surface area contributed by atoms with Crippen LogP contribution in [-0.2, 0) is 0 Å². The lowest BCUT2D eigenvalue weighted by Gasteiger charge is -2.08. The highest BCUT2D eigenvalue weighted by atomic mass is 32.1. The number of hydrogen-bond donors (Lipinski definition) is 1. The summed E-state index contributed by atoms with van der Waals surface area (Å²) >= 11 is 1.56. The molecule has 0 aliphatic carbocycles. The van der Waals surface area contributed by atoms with Gasteiger partial charge in [-0.15, -0.1) is 11.3 Å². The quantitative estimate of drug-likeness (QED) is 0.753. The van der Waals surface area contributed by atoms with Crippen LogP contribution in [0.15, 0.2) is 36.2 Å². The molecule has 0 aliphatic heterocycles. The predicted molar refractivity (Wildman–Crippen MR) is 66.1 cm³/mol. The van der Waals surface area contributed by atoms with Gasteiger partial charge in [0.2, 0.25) is 0 Å². The van der Waals surface area contributed by atoms with E-state index in [-0.39, 0.29) is 0 Å². The van der Waals surface area contributed by atoms with E-state index in [0.717, 1.165) is 21.5 Å². The summed E-state index contributed by atoms with van der Waals surface area (Å²) < 4.78 is 1.72. The summed E-state index contributed by atoms with van der Waals surface area (Å²) in [5.74, 6) is 0. The molecule has 86 valence electrons. The van der Waals surface area contributed by atoms with Gasteiger partial charge in [-0.1, -0.05) is 0 Å². The Kier molecular flexibility index (Phi) is 2.42. The van der Waals surface area contributed by atoms with Crippen molar-refractivity contribution in [3.63, 3.8) is 0 Å². The van der Waals surface area contributed by atoms with Gasteiger partial charge in [-0.2, -0.15) is 5.10 Å². The molecule has 3 heterocycles. The standard InChI is InChI=1S/C12H11N3OS/c1-8-2-5-17-12(8)11(16)9-6-14-15-4-3-13-7-10(9)15/h2-7,11,16H,1H3. The molecule has 3 aromatic heterocycles. The van der Waals surface area contributed by atoms with Crippen LogP contribution in [0.3, 0.4) is 0 Å². The lowest BCUT2D eigenvalue weighted by molar-refractivity contribution is 0.225. The van der Waals surface area contributed by atoms with Crippen molar-refractivity contribution in [3.05, 3.63) is 52.2 Å². The summed E-state index contributed by atoms with van der Waals surface area (Å²) in [6.07, 6.45) is 6.23. The van der Waals surface area contributed by atoms with Crippen LogP contribution in [0.5, 0.6) is 0 Å². The fraction of sp³-hybridized carbons (Fsp3) is 0.167. The van der Waals surface area contributed by atoms with E-state index in [1.54, 1.807) is 40.6 Å². The predicted octanol–water partition coefficient (Wildman–Crippen LogP) is 2.18. The van der Waals surface area contributed by atoms with Crippen LogP contribution >= 0.6 is 11.3 Å². The molecule has 0 aliphatic rings. The van der Waals surface area contributed by atoms with Crippen LogP contribution in [0.2, 0.25) is 0 Å². The molecule has 0 radical (unpaired) electrons. The Bertz CT molecular complexity index is 658. The number of fused-ring (bicyclic) bond motifs is 1. The number of aliphatic hydroxyl groups is 1. The van der Waals surface area contributed by atoms with E-state index < -0.39 is 6.10 Å². The molecule has 3 aromatic rings. The maximum Gasteiger partial charge on any atom is 0.117 e. The number of thiophene rings is 1. The minimum Gasteiger partial charge on any atom is -0.383 e. The second kappa shape index (κ2) is 3.94.